The normalized spacial score (nSPS) is 28.2. The van der Waals surface area contributed by atoms with Gasteiger partial charge in [-0.2, -0.15) is 0 Å². The highest BCUT2D eigenvalue weighted by molar-refractivity contribution is 5.90. The second-order valence-electron chi connectivity index (χ2n) is 12.6. The molecule has 0 amide bonds. The summed E-state index contributed by atoms with van der Waals surface area (Å²) in [4.78, 5) is 13.9. The first-order valence-electron chi connectivity index (χ1n) is 17.4. The van der Waals surface area contributed by atoms with Crippen LogP contribution in [0.2, 0.25) is 0 Å². The first kappa shape index (κ1) is 42.4. The minimum Gasteiger partial charge on any atom is -0.493 e. The van der Waals surface area contributed by atoms with E-state index in [-0.39, 0.29) is 47.2 Å². The number of benzene rings is 2. The van der Waals surface area contributed by atoms with Crippen LogP contribution in [0.3, 0.4) is 0 Å². The summed E-state index contributed by atoms with van der Waals surface area (Å²) >= 11 is 0. The molecule has 0 unspecified atom stereocenters. The van der Waals surface area contributed by atoms with Crippen LogP contribution in [-0.2, 0) is 47.4 Å². The summed E-state index contributed by atoms with van der Waals surface area (Å²) in [6.07, 6.45) is -6.59. The maximum atomic E-state index is 13.9. The molecule has 1 aromatic heterocycles. The van der Waals surface area contributed by atoms with Crippen LogP contribution in [0.5, 0.6) is 28.7 Å². The molecule has 306 valence electrons. The van der Waals surface area contributed by atoms with Gasteiger partial charge in [-0.3, -0.25) is 4.79 Å². The van der Waals surface area contributed by atoms with Crippen molar-refractivity contribution in [1.82, 2.24) is 0 Å². The standard InChI is InChI=1S/C38H52O17/c1-40-17-26-29(44-5)33(47-8)35(49-10)37(53-26)52-21-13-12-19(14-23(21)42-3)22-15-20(39)28-24(51-22)16-25(43-4)31(32(28)46-7)55-38-36(50-11)34(48-9)30(45-6)27(54-38)18-41-2/h12-16,26-27,29-30,33-38H,17-18H2,1-11H3/t26-,27-,29-,30-,33+,34+,35-,36-,37-,38+/m1/s1. The molecule has 2 saturated heterocycles. The van der Waals surface area contributed by atoms with Gasteiger partial charge in [0.2, 0.25) is 18.3 Å². The lowest BCUT2D eigenvalue weighted by Crippen LogP contribution is -2.62. The summed E-state index contributed by atoms with van der Waals surface area (Å²) in [6, 6.07) is 7.96. The van der Waals surface area contributed by atoms with E-state index in [4.69, 9.17) is 75.5 Å². The van der Waals surface area contributed by atoms with E-state index in [0.29, 0.717) is 17.1 Å². The van der Waals surface area contributed by atoms with E-state index in [2.05, 4.69) is 0 Å². The largest absolute Gasteiger partial charge is 0.493 e. The third kappa shape index (κ3) is 8.51. The van der Waals surface area contributed by atoms with Gasteiger partial charge in [0.1, 0.15) is 65.6 Å². The lowest BCUT2D eigenvalue weighted by atomic mass is 9.98. The lowest BCUT2D eigenvalue weighted by molar-refractivity contribution is -0.292. The van der Waals surface area contributed by atoms with Crippen molar-refractivity contribution < 1.29 is 75.5 Å². The van der Waals surface area contributed by atoms with Gasteiger partial charge in [0, 0.05) is 74.6 Å². The highest BCUT2D eigenvalue weighted by atomic mass is 16.7. The SMILES string of the molecule is COC[C@H]1O[C@@H](Oc2ccc(-c3cc(=O)c4c(OC)c(O[C@@H]5O[C@H](COC)[C@@H](OC)[C@H](OC)[C@H]5OC)c(OC)cc4o3)cc2OC)[C@H](OC)[C@@H](OC)[C@@H]1OC. The molecule has 0 saturated carbocycles. The summed E-state index contributed by atoms with van der Waals surface area (Å²) < 4.78 is 93.9. The fourth-order valence-corrected chi connectivity index (χ4v) is 7.15. The number of rotatable bonds is 18. The van der Waals surface area contributed by atoms with Crippen molar-refractivity contribution in [3.05, 3.63) is 40.6 Å². The van der Waals surface area contributed by atoms with Gasteiger partial charge in [-0.25, -0.2) is 0 Å². The van der Waals surface area contributed by atoms with E-state index in [1.165, 1.54) is 47.7 Å². The summed E-state index contributed by atoms with van der Waals surface area (Å²) in [5.74, 6) is 1.27. The van der Waals surface area contributed by atoms with Gasteiger partial charge in [0.05, 0.1) is 34.5 Å². The molecule has 0 spiro atoms. The minimum atomic E-state index is -1.05. The Balaban J connectivity index is 1.49. The maximum absolute atomic E-state index is 13.9. The topological polar surface area (TPSA) is 169 Å². The predicted molar refractivity (Wildman–Crippen MR) is 195 cm³/mol. The van der Waals surface area contributed by atoms with Crippen molar-refractivity contribution in [2.45, 2.75) is 61.4 Å². The van der Waals surface area contributed by atoms with Crippen LogP contribution in [0.25, 0.3) is 22.3 Å². The van der Waals surface area contributed by atoms with E-state index in [9.17, 15) is 4.79 Å². The first-order valence-corrected chi connectivity index (χ1v) is 17.4. The van der Waals surface area contributed by atoms with Crippen LogP contribution in [0.1, 0.15) is 0 Å². The molecule has 2 aliphatic rings. The van der Waals surface area contributed by atoms with Crippen molar-refractivity contribution in [3.8, 4) is 40.1 Å². The van der Waals surface area contributed by atoms with Gasteiger partial charge >= 0.3 is 0 Å². The van der Waals surface area contributed by atoms with Gasteiger partial charge < -0.3 is 75.5 Å². The van der Waals surface area contributed by atoms with Crippen molar-refractivity contribution >= 4 is 11.0 Å². The molecule has 2 fully saturated rings. The second-order valence-corrected chi connectivity index (χ2v) is 12.6. The molecule has 0 aliphatic carbocycles. The monoisotopic (exact) mass is 780 g/mol. The number of methoxy groups -OCH3 is 11. The summed E-state index contributed by atoms with van der Waals surface area (Å²) in [5, 5.41) is 0.109. The summed E-state index contributed by atoms with van der Waals surface area (Å²) in [6.45, 7) is 0.416. The Morgan fingerprint density at radius 1 is 0.527 bits per heavy atom. The number of hydrogen-bond donors (Lipinski definition) is 0. The van der Waals surface area contributed by atoms with Crippen molar-refractivity contribution in [1.29, 1.82) is 0 Å². The molecule has 0 bridgehead atoms. The molecule has 3 aromatic rings. The van der Waals surface area contributed by atoms with Crippen LogP contribution in [0, 0.1) is 0 Å². The molecule has 0 N–H and O–H groups in total. The van der Waals surface area contributed by atoms with Crippen molar-refractivity contribution in [2.75, 3.05) is 91.4 Å². The number of fused-ring (bicyclic) bond motifs is 1. The van der Waals surface area contributed by atoms with E-state index in [1.807, 2.05) is 0 Å². The minimum absolute atomic E-state index is 0.0672. The molecular formula is C38H52O17. The molecule has 17 nitrogen and oxygen atoms in total. The molecule has 0 radical (unpaired) electrons. The van der Waals surface area contributed by atoms with Gasteiger partial charge in [0.15, 0.2) is 28.4 Å². The zero-order valence-corrected chi connectivity index (χ0v) is 33.0. The average molecular weight is 781 g/mol. The van der Waals surface area contributed by atoms with Crippen LogP contribution < -0.4 is 29.1 Å². The van der Waals surface area contributed by atoms with E-state index >= 15 is 0 Å². The van der Waals surface area contributed by atoms with Crippen molar-refractivity contribution in [3.63, 3.8) is 0 Å². The quantitative estimate of drug-likeness (QED) is 0.185. The molecule has 2 aromatic carbocycles. The summed E-state index contributed by atoms with van der Waals surface area (Å²) in [5.41, 5.74) is 0.269. The first-order chi connectivity index (χ1) is 26.7. The third-order valence-electron chi connectivity index (χ3n) is 9.72. The molecular weight excluding hydrogens is 728 g/mol. The zero-order chi connectivity index (χ0) is 39.8. The Labute approximate surface area is 319 Å². The molecule has 5 rings (SSSR count). The smallest absolute Gasteiger partial charge is 0.229 e. The van der Waals surface area contributed by atoms with Crippen LogP contribution >= 0.6 is 0 Å². The molecule has 55 heavy (non-hydrogen) atoms. The van der Waals surface area contributed by atoms with Gasteiger partial charge in [-0.15, -0.1) is 0 Å². The second kappa shape index (κ2) is 19.4. The summed E-state index contributed by atoms with van der Waals surface area (Å²) in [7, 11) is 16.7. The molecule has 3 heterocycles. The lowest BCUT2D eigenvalue weighted by Gasteiger charge is -2.44. The van der Waals surface area contributed by atoms with Crippen LogP contribution in [0.15, 0.2) is 39.5 Å². The van der Waals surface area contributed by atoms with Crippen LogP contribution in [-0.4, -0.2) is 153 Å². The Morgan fingerprint density at radius 2 is 1.05 bits per heavy atom. The Bertz CT molecular complexity index is 1750. The molecule has 2 aliphatic heterocycles. The predicted octanol–water partition coefficient (Wildman–Crippen LogP) is 3.08. The Kier molecular flexibility index (Phi) is 15.0. The van der Waals surface area contributed by atoms with Gasteiger partial charge in [0.25, 0.3) is 0 Å². The molecule has 17 heteroatoms. The Hall–Kier alpha value is -3.75. The highest BCUT2D eigenvalue weighted by Gasteiger charge is 2.50. The zero-order valence-electron chi connectivity index (χ0n) is 33.0. The van der Waals surface area contributed by atoms with E-state index in [0.717, 1.165) is 0 Å². The number of hydrogen-bond acceptors (Lipinski definition) is 17. The maximum Gasteiger partial charge on any atom is 0.229 e. The van der Waals surface area contributed by atoms with Gasteiger partial charge in [-0.05, 0) is 18.2 Å². The van der Waals surface area contributed by atoms with E-state index < -0.39 is 66.8 Å². The molecule has 10 atom stereocenters. The highest BCUT2D eigenvalue weighted by Crippen LogP contribution is 2.45. The fourth-order valence-electron chi connectivity index (χ4n) is 7.15. The number of ether oxygens (including phenoxy) is 15. The Morgan fingerprint density at radius 3 is 1.53 bits per heavy atom. The van der Waals surface area contributed by atoms with Gasteiger partial charge in [-0.1, -0.05) is 0 Å². The van der Waals surface area contributed by atoms with E-state index in [1.54, 1.807) is 60.9 Å². The average Bonchev–Trinajstić information content (AvgIpc) is 3.20. The fraction of sp³-hybridized carbons (Fsp3) is 0.605. The van der Waals surface area contributed by atoms with Crippen LogP contribution in [0.4, 0.5) is 0 Å². The third-order valence-corrected chi connectivity index (χ3v) is 9.72. The van der Waals surface area contributed by atoms with Crippen molar-refractivity contribution in [2.24, 2.45) is 0 Å².